The minimum absolute atomic E-state index is 0.0191. The number of carbonyl (C=O) groups excluding carboxylic acids is 2. The van der Waals surface area contributed by atoms with Crippen molar-refractivity contribution in [2.24, 2.45) is 0 Å². The zero-order valence-electron chi connectivity index (χ0n) is 14.8. The minimum atomic E-state index is -0.549. The molecular weight excluding hydrogens is 384 g/mol. The predicted molar refractivity (Wildman–Crippen MR) is 110 cm³/mol. The Balaban J connectivity index is 2.07. The lowest BCUT2D eigenvalue weighted by Gasteiger charge is -2.30. The standard InChI is InChI=1S/C20H17ClN2O3S/c1-3-26-17-10-5-4-7-13(17)11-14-18(24)22-20(27)23(19(14)25)16-9-6-8-15(21)12(16)2/h4-11H,3H2,1-2H3,(H,22,24,27)/b14-11-. The molecule has 7 heteroatoms. The lowest BCUT2D eigenvalue weighted by atomic mass is 10.1. The fourth-order valence-corrected chi connectivity index (χ4v) is 3.20. The highest BCUT2D eigenvalue weighted by atomic mass is 35.5. The van der Waals surface area contributed by atoms with Gasteiger partial charge in [0.05, 0.1) is 12.3 Å². The number of ether oxygens (including phenoxy) is 1. The van der Waals surface area contributed by atoms with Crippen molar-refractivity contribution >= 4 is 52.5 Å². The molecule has 2 amide bonds. The molecule has 0 aromatic heterocycles. The van der Waals surface area contributed by atoms with Crippen LogP contribution in [0.2, 0.25) is 5.02 Å². The summed E-state index contributed by atoms with van der Waals surface area (Å²) in [7, 11) is 0. The highest BCUT2D eigenvalue weighted by Crippen LogP contribution is 2.30. The number of para-hydroxylation sites is 1. The van der Waals surface area contributed by atoms with Gasteiger partial charge in [0.15, 0.2) is 5.11 Å². The minimum Gasteiger partial charge on any atom is -0.493 e. The third-order valence-electron chi connectivity index (χ3n) is 4.10. The average molecular weight is 401 g/mol. The van der Waals surface area contributed by atoms with Gasteiger partial charge in [-0.15, -0.1) is 0 Å². The normalized spacial score (nSPS) is 15.9. The first-order valence-corrected chi connectivity index (χ1v) is 9.11. The first-order chi connectivity index (χ1) is 12.9. The highest BCUT2D eigenvalue weighted by Gasteiger charge is 2.35. The second-order valence-electron chi connectivity index (χ2n) is 5.81. The number of rotatable bonds is 4. The van der Waals surface area contributed by atoms with Crippen LogP contribution in [0.4, 0.5) is 5.69 Å². The molecule has 0 atom stereocenters. The van der Waals surface area contributed by atoms with Crippen LogP contribution in [0.15, 0.2) is 48.0 Å². The number of carbonyl (C=O) groups is 2. The summed E-state index contributed by atoms with van der Waals surface area (Å²) in [5, 5.41) is 3.10. The Kier molecular flexibility index (Phi) is 5.58. The van der Waals surface area contributed by atoms with Gasteiger partial charge in [-0.2, -0.15) is 0 Å². The maximum Gasteiger partial charge on any atom is 0.270 e. The first kappa shape index (κ1) is 19.1. The molecule has 27 heavy (non-hydrogen) atoms. The molecule has 1 aliphatic heterocycles. The number of amides is 2. The van der Waals surface area contributed by atoms with Crippen LogP contribution in [0.1, 0.15) is 18.1 Å². The van der Waals surface area contributed by atoms with Crippen molar-refractivity contribution in [1.29, 1.82) is 0 Å². The highest BCUT2D eigenvalue weighted by molar-refractivity contribution is 7.80. The van der Waals surface area contributed by atoms with E-state index >= 15 is 0 Å². The van der Waals surface area contributed by atoms with Crippen LogP contribution >= 0.6 is 23.8 Å². The van der Waals surface area contributed by atoms with Crippen LogP contribution < -0.4 is 15.0 Å². The summed E-state index contributed by atoms with van der Waals surface area (Å²) < 4.78 is 5.57. The average Bonchev–Trinajstić information content (AvgIpc) is 2.63. The summed E-state index contributed by atoms with van der Waals surface area (Å²) in [6, 6.07) is 12.4. The van der Waals surface area contributed by atoms with E-state index in [9.17, 15) is 9.59 Å². The van der Waals surface area contributed by atoms with Crippen molar-refractivity contribution in [3.63, 3.8) is 0 Å². The molecule has 1 N–H and O–H groups in total. The van der Waals surface area contributed by atoms with E-state index < -0.39 is 11.8 Å². The van der Waals surface area contributed by atoms with Gasteiger partial charge in [-0.1, -0.05) is 35.9 Å². The number of thiocarbonyl (C=S) groups is 1. The summed E-state index contributed by atoms with van der Waals surface area (Å²) in [6.07, 6.45) is 1.51. The molecule has 0 spiro atoms. The molecule has 0 bridgehead atoms. The van der Waals surface area contributed by atoms with Crippen molar-refractivity contribution in [2.75, 3.05) is 11.5 Å². The van der Waals surface area contributed by atoms with E-state index in [-0.39, 0.29) is 10.7 Å². The number of nitrogens with zero attached hydrogens (tertiary/aromatic N) is 1. The molecule has 0 unspecified atom stereocenters. The summed E-state index contributed by atoms with van der Waals surface area (Å²) in [4.78, 5) is 26.8. The molecule has 138 valence electrons. The molecule has 1 fully saturated rings. The molecule has 1 saturated heterocycles. The van der Waals surface area contributed by atoms with Gasteiger partial charge in [0.2, 0.25) is 0 Å². The van der Waals surface area contributed by atoms with E-state index in [0.717, 1.165) is 0 Å². The van der Waals surface area contributed by atoms with Crippen LogP contribution in [0.5, 0.6) is 5.75 Å². The van der Waals surface area contributed by atoms with Crippen LogP contribution in [0.3, 0.4) is 0 Å². The second kappa shape index (κ2) is 7.90. The molecule has 2 aromatic carbocycles. The van der Waals surface area contributed by atoms with Gasteiger partial charge in [-0.05, 0) is 55.9 Å². The SMILES string of the molecule is CCOc1ccccc1/C=C1/C(=O)NC(=S)N(c2cccc(Cl)c2C)C1=O. The summed E-state index contributed by atoms with van der Waals surface area (Å²) in [6.45, 7) is 4.13. The number of benzene rings is 2. The Morgan fingerprint density at radius 2 is 1.93 bits per heavy atom. The second-order valence-corrected chi connectivity index (χ2v) is 6.61. The number of anilines is 1. The van der Waals surface area contributed by atoms with E-state index in [4.69, 9.17) is 28.6 Å². The zero-order valence-corrected chi connectivity index (χ0v) is 16.4. The molecule has 0 radical (unpaired) electrons. The summed E-state index contributed by atoms with van der Waals surface area (Å²) in [5.74, 6) is -0.473. The Hall–Kier alpha value is -2.70. The monoisotopic (exact) mass is 400 g/mol. The third kappa shape index (κ3) is 3.72. The molecule has 0 aliphatic carbocycles. The Morgan fingerprint density at radius 3 is 2.67 bits per heavy atom. The maximum absolute atomic E-state index is 13.1. The smallest absolute Gasteiger partial charge is 0.270 e. The quantitative estimate of drug-likeness (QED) is 0.480. The predicted octanol–water partition coefficient (Wildman–Crippen LogP) is 3.88. The number of hydrogen-bond donors (Lipinski definition) is 1. The van der Waals surface area contributed by atoms with Crippen molar-refractivity contribution in [2.45, 2.75) is 13.8 Å². The number of hydrogen-bond acceptors (Lipinski definition) is 4. The Labute approximate surface area is 167 Å². The lowest BCUT2D eigenvalue weighted by molar-refractivity contribution is -0.122. The van der Waals surface area contributed by atoms with Crippen LogP contribution in [-0.4, -0.2) is 23.5 Å². The van der Waals surface area contributed by atoms with Gasteiger partial charge in [-0.25, -0.2) is 0 Å². The van der Waals surface area contributed by atoms with Crippen LogP contribution in [0, 0.1) is 6.92 Å². The third-order valence-corrected chi connectivity index (χ3v) is 4.79. The summed E-state index contributed by atoms with van der Waals surface area (Å²) >= 11 is 11.4. The van der Waals surface area contributed by atoms with E-state index in [2.05, 4.69) is 5.32 Å². The molecule has 0 saturated carbocycles. The largest absolute Gasteiger partial charge is 0.493 e. The molecule has 3 rings (SSSR count). The lowest BCUT2D eigenvalue weighted by Crippen LogP contribution is -2.54. The van der Waals surface area contributed by atoms with E-state index in [0.29, 0.717) is 34.2 Å². The first-order valence-electron chi connectivity index (χ1n) is 8.32. The molecule has 1 heterocycles. The fraction of sp³-hybridized carbons (Fsp3) is 0.150. The van der Waals surface area contributed by atoms with Gasteiger partial charge in [-0.3, -0.25) is 19.8 Å². The topological polar surface area (TPSA) is 58.6 Å². The van der Waals surface area contributed by atoms with Crippen molar-refractivity contribution in [1.82, 2.24) is 5.32 Å². The fourth-order valence-electron chi connectivity index (χ4n) is 2.76. The maximum atomic E-state index is 13.1. The van der Waals surface area contributed by atoms with E-state index in [1.807, 2.05) is 19.1 Å². The molecular formula is C20H17ClN2O3S. The molecule has 1 aliphatic rings. The molecule has 2 aromatic rings. The van der Waals surface area contributed by atoms with Gasteiger partial charge in [0.1, 0.15) is 11.3 Å². The van der Waals surface area contributed by atoms with Crippen molar-refractivity contribution < 1.29 is 14.3 Å². The zero-order chi connectivity index (χ0) is 19.6. The van der Waals surface area contributed by atoms with Gasteiger partial charge in [0, 0.05) is 10.6 Å². The molecule has 5 nitrogen and oxygen atoms in total. The van der Waals surface area contributed by atoms with Gasteiger partial charge >= 0.3 is 0 Å². The van der Waals surface area contributed by atoms with E-state index in [1.165, 1.54) is 11.0 Å². The van der Waals surface area contributed by atoms with E-state index in [1.54, 1.807) is 37.3 Å². The Bertz CT molecular complexity index is 971. The Morgan fingerprint density at radius 1 is 1.19 bits per heavy atom. The van der Waals surface area contributed by atoms with Crippen molar-refractivity contribution in [3.8, 4) is 5.75 Å². The number of halogens is 1. The number of nitrogens with one attached hydrogen (secondary N) is 1. The van der Waals surface area contributed by atoms with Crippen molar-refractivity contribution in [3.05, 3.63) is 64.2 Å². The van der Waals surface area contributed by atoms with Crippen LogP contribution in [-0.2, 0) is 9.59 Å². The summed E-state index contributed by atoms with van der Waals surface area (Å²) in [5.41, 5.74) is 1.82. The van der Waals surface area contributed by atoms with Gasteiger partial charge < -0.3 is 4.74 Å². The van der Waals surface area contributed by atoms with Crippen LogP contribution in [0.25, 0.3) is 6.08 Å². The van der Waals surface area contributed by atoms with Gasteiger partial charge in [0.25, 0.3) is 11.8 Å².